The summed E-state index contributed by atoms with van der Waals surface area (Å²) in [5.41, 5.74) is 1.33. The number of aromatic nitrogens is 2. The zero-order valence-corrected chi connectivity index (χ0v) is 12.6. The van der Waals surface area contributed by atoms with E-state index in [0.29, 0.717) is 12.1 Å². The number of hydrogen-bond acceptors (Lipinski definition) is 3. The van der Waals surface area contributed by atoms with Crippen molar-refractivity contribution in [1.29, 1.82) is 0 Å². The van der Waals surface area contributed by atoms with E-state index >= 15 is 0 Å². The lowest BCUT2D eigenvalue weighted by Gasteiger charge is -2.41. The second kappa shape index (κ2) is 6.06. The first kappa shape index (κ1) is 14.5. The first-order valence-electron chi connectivity index (χ1n) is 7.48. The molecule has 19 heavy (non-hydrogen) atoms. The predicted molar refractivity (Wildman–Crippen MR) is 77.0 cm³/mol. The third-order valence-electron chi connectivity index (χ3n) is 4.57. The van der Waals surface area contributed by atoms with E-state index in [1.807, 2.05) is 17.9 Å². The minimum absolute atomic E-state index is 0.0854. The highest BCUT2D eigenvalue weighted by Crippen LogP contribution is 2.32. The molecule has 1 aromatic heterocycles. The molecule has 1 N–H and O–H groups in total. The van der Waals surface area contributed by atoms with E-state index in [9.17, 15) is 0 Å². The van der Waals surface area contributed by atoms with E-state index < -0.39 is 0 Å². The molecule has 0 spiro atoms. The van der Waals surface area contributed by atoms with Crippen molar-refractivity contribution in [2.75, 3.05) is 6.61 Å². The summed E-state index contributed by atoms with van der Waals surface area (Å²) in [5.74, 6) is 0. The summed E-state index contributed by atoms with van der Waals surface area (Å²) < 4.78 is 7.98. The maximum atomic E-state index is 6.03. The number of aryl methyl sites for hydroxylation is 1. The molecule has 1 saturated heterocycles. The normalized spacial score (nSPS) is 24.3. The molecule has 1 aliphatic rings. The van der Waals surface area contributed by atoms with Gasteiger partial charge in [-0.15, -0.1) is 0 Å². The average Bonchev–Trinajstić information content (AvgIpc) is 2.85. The van der Waals surface area contributed by atoms with Crippen molar-refractivity contribution < 1.29 is 4.74 Å². The Morgan fingerprint density at radius 2 is 2.26 bits per heavy atom. The Hall–Kier alpha value is -0.870. The molecule has 108 valence electrons. The van der Waals surface area contributed by atoms with Crippen molar-refractivity contribution in [3.05, 3.63) is 18.0 Å². The Kier molecular flexibility index (Phi) is 4.63. The third-order valence-corrected chi connectivity index (χ3v) is 4.57. The van der Waals surface area contributed by atoms with Gasteiger partial charge in [0.1, 0.15) is 0 Å². The first-order valence-corrected chi connectivity index (χ1v) is 7.48. The standard InChI is InChI=1S/C15H27N3O/c1-5-15(6-2)11-13(8-10-19-15)17-12(3)14-7-9-16-18(14)4/h7,9,12-13,17H,5-6,8,10-11H2,1-4H3. The van der Waals surface area contributed by atoms with Crippen LogP contribution in [-0.4, -0.2) is 28.0 Å². The SMILES string of the molecule is CCC1(CC)CC(NC(C)c2ccnn2C)CCO1. The highest BCUT2D eigenvalue weighted by molar-refractivity contribution is 5.06. The van der Waals surface area contributed by atoms with Gasteiger partial charge in [-0.25, -0.2) is 0 Å². The van der Waals surface area contributed by atoms with Crippen LogP contribution in [0, 0.1) is 0 Å². The predicted octanol–water partition coefficient (Wildman–Crippen LogP) is 2.81. The van der Waals surface area contributed by atoms with Crippen LogP contribution in [0.5, 0.6) is 0 Å². The Balaban J connectivity index is 1.97. The minimum Gasteiger partial charge on any atom is -0.375 e. The van der Waals surface area contributed by atoms with E-state index in [1.165, 1.54) is 5.69 Å². The molecule has 2 atom stereocenters. The van der Waals surface area contributed by atoms with Gasteiger partial charge >= 0.3 is 0 Å². The van der Waals surface area contributed by atoms with Crippen molar-refractivity contribution in [3.8, 4) is 0 Å². The fourth-order valence-corrected chi connectivity index (χ4v) is 3.16. The van der Waals surface area contributed by atoms with E-state index in [2.05, 4.69) is 37.3 Å². The van der Waals surface area contributed by atoms with Gasteiger partial charge in [-0.1, -0.05) is 13.8 Å². The van der Waals surface area contributed by atoms with E-state index in [-0.39, 0.29) is 5.60 Å². The van der Waals surface area contributed by atoms with Crippen LogP contribution in [0.1, 0.15) is 58.2 Å². The molecule has 1 aliphatic heterocycles. The average molecular weight is 265 g/mol. The van der Waals surface area contributed by atoms with Crippen molar-refractivity contribution in [3.63, 3.8) is 0 Å². The van der Waals surface area contributed by atoms with Crippen LogP contribution in [0.15, 0.2) is 12.3 Å². The first-order chi connectivity index (χ1) is 9.10. The van der Waals surface area contributed by atoms with Crippen molar-refractivity contribution >= 4 is 0 Å². The van der Waals surface area contributed by atoms with Gasteiger partial charge in [-0.05, 0) is 38.7 Å². The topological polar surface area (TPSA) is 39.1 Å². The van der Waals surface area contributed by atoms with Crippen molar-refractivity contribution in [2.24, 2.45) is 7.05 Å². The lowest BCUT2D eigenvalue weighted by molar-refractivity contribution is -0.0940. The largest absolute Gasteiger partial charge is 0.375 e. The highest BCUT2D eigenvalue weighted by atomic mass is 16.5. The molecule has 1 aromatic rings. The zero-order chi connectivity index (χ0) is 13.9. The van der Waals surface area contributed by atoms with E-state index in [1.54, 1.807) is 0 Å². The Labute approximate surface area is 116 Å². The second-order valence-electron chi connectivity index (χ2n) is 5.70. The van der Waals surface area contributed by atoms with Crippen LogP contribution in [-0.2, 0) is 11.8 Å². The van der Waals surface area contributed by atoms with Gasteiger partial charge in [-0.3, -0.25) is 4.68 Å². The molecule has 2 rings (SSSR count). The maximum absolute atomic E-state index is 6.03. The number of nitrogens with one attached hydrogen (secondary N) is 1. The molecule has 0 radical (unpaired) electrons. The van der Waals surface area contributed by atoms with Crippen molar-refractivity contribution in [1.82, 2.24) is 15.1 Å². The molecule has 0 bridgehead atoms. The van der Waals surface area contributed by atoms with E-state index in [4.69, 9.17) is 4.74 Å². The van der Waals surface area contributed by atoms with Crippen LogP contribution >= 0.6 is 0 Å². The summed E-state index contributed by atoms with van der Waals surface area (Å²) >= 11 is 0. The summed E-state index contributed by atoms with van der Waals surface area (Å²) in [7, 11) is 2.00. The summed E-state index contributed by atoms with van der Waals surface area (Å²) in [6, 6.07) is 2.96. The fraction of sp³-hybridized carbons (Fsp3) is 0.800. The molecule has 4 heteroatoms. The summed E-state index contributed by atoms with van der Waals surface area (Å²) in [4.78, 5) is 0. The number of nitrogens with zero attached hydrogens (tertiary/aromatic N) is 2. The third kappa shape index (κ3) is 3.18. The molecule has 4 nitrogen and oxygen atoms in total. The molecule has 1 fully saturated rings. The molecule has 0 aliphatic carbocycles. The maximum Gasteiger partial charge on any atom is 0.0692 e. The Bertz CT molecular complexity index is 398. The second-order valence-corrected chi connectivity index (χ2v) is 5.70. The van der Waals surface area contributed by atoms with Crippen LogP contribution in [0.2, 0.25) is 0 Å². The zero-order valence-electron chi connectivity index (χ0n) is 12.6. The van der Waals surface area contributed by atoms with Gasteiger partial charge < -0.3 is 10.1 Å². The lowest BCUT2D eigenvalue weighted by atomic mass is 9.85. The fourth-order valence-electron chi connectivity index (χ4n) is 3.16. The van der Waals surface area contributed by atoms with Gasteiger partial charge in [0, 0.05) is 31.9 Å². The highest BCUT2D eigenvalue weighted by Gasteiger charge is 2.34. The summed E-state index contributed by atoms with van der Waals surface area (Å²) in [6.45, 7) is 7.55. The number of ether oxygens (including phenoxy) is 1. The minimum atomic E-state index is 0.0854. The lowest BCUT2D eigenvalue weighted by Crippen LogP contribution is -2.47. The molecular formula is C15H27N3O. The monoisotopic (exact) mass is 265 g/mol. The molecule has 2 heterocycles. The quantitative estimate of drug-likeness (QED) is 0.890. The van der Waals surface area contributed by atoms with E-state index in [0.717, 1.165) is 32.3 Å². The van der Waals surface area contributed by atoms with Crippen LogP contribution in [0.4, 0.5) is 0 Å². The Morgan fingerprint density at radius 1 is 1.53 bits per heavy atom. The molecule has 2 unspecified atom stereocenters. The van der Waals surface area contributed by atoms with Gasteiger partial charge in [0.05, 0.1) is 11.3 Å². The smallest absolute Gasteiger partial charge is 0.0692 e. The Morgan fingerprint density at radius 3 is 2.84 bits per heavy atom. The van der Waals surface area contributed by atoms with Crippen LogP contribution in [0.25, 0.3) is 0 Å². The molecule has 0 aromatic carbocycles. The molecule has 0 amide bonds. The van der Waals surface area contributed by atoms with Crippen molar-refractivity contribution in [2.45, 2.75) is 64.1 Å². The summed E-state index contributed by atoms with van der Waals surface area (Å²) in [5, 5.41) is 7.99. The van der Waals surface area contributed by atoms with Gasteiger partial charge in [0.15, 0.2) is 0 Å². The van der Waals surface area contributed by atoms with Crippen LogP contribution < -0.4 is 5.32 Å². The molecule has 0 saturated carbocycles. The number of hydrogen-bond donors (Lipinski definition) is 1. The summed E-state index contributed by atoms with van der Waals surface area (Å²) in [6.07, 6.45) is 6.27. The van der Waals surface area contributed by atoms with Gasteiger partial charge in [-0.2, -0.15) is 5.10 Å². The van der Waals surface area contributed by atoms with Gasteiger partial charge in [0.25, 0.3) is 0 Å². The number of rotatable bonds is 5. The molecular weight excluding hydrogens is 238 g/mol. The van der Waals surface area contributed by atoms with Gasteiger partial charge in [0.2, 0.25) is 0 Å². The van der Waals surface area contributed by atoms with Crippen LogP contribution in [0.3, 0.4) is 0 Å².